The van der Waals surface area contributed by atoms with Crippen molar-refractivity contribution in [2.75, 3.05) is 19.8 Å². The largest absolute Gasteiger partial charge is 0.396 e. The van der Waals surface area contributed by atoms with Crippen LogP contribution in [-0.2, 0) is 4.74 Å². The number of hydrogen-bond acceptors (Lipinski definition) is 2. The first kappa shape index (κ1) is 10.9. The molecule has 0 heterocycles. The molecule has 0 aromatic rings. The van der Waals surface area contributed by atoms with Gasteiger partial charge >= 0.3 is 0 Å². The van der Waals surface area contributed by atoms with E-state index in [-0.39, 0.29) is 6.61 Å². The molecule has 1 unspecified atom stereocenters. The van der Waals surface area contributed by atoms with Crippen molar-refractivity contribution in [1.82, 2.24) is 0 Å². The number of aliphatic hydroxyl groups is 1. The fourth-order valence-corrected chi connectivity index (χ4v) is 0.718. The second-order valence-corrected chi connectivity index (χ2v) is 3.02. The highest BCUT2D eigenvalue weighted by Crippen LogP contribution is 2.01. The van der Waals surface area contributed by atoms with Gasteiger partial charge in [-0.3, -0.25) is 0 Å². The van der Waals surface area contributed by atoms with Crippen LogP contribution in [-0.4, -0.2) is 24.9 Å². The van der Waals surface area contributed by atoms with E-state index in [4.69, 9.17) is 9.84 Å². The fourth-order valence-electron chi connectivity index (χ4n) is 0.718. The van der Waals surface area contributed by atoms with Crippen molar-refractivity contribution in [3.63, 3.8) is 0 Å². The predicted molar refractivity (Wildman–Crippen MR) is 46.6 cm³/mol. The van der Waals surface area contributed by atoms with Gasteiger partial charge < -0.3 is 9.84 Å². The maximum absolute atomic E-state index is 8.47. The lowest BCUT2D eigenvalue weighted by molar-refractivity contribution is 0.0969. The summed E-state index contributed by atoms with van der Waals surface area (Å²) in [5.74, 6) is 0.670. The summed E-state index contributed by atoms with van der Waals surface area (Å²) in [4.78, 5) is 0. The van der Waals surface area contributed by atoms with E-state index >= 15 is 0 Å². The lowest BCUT2D eigenvalue weighted by Crippen LogP contribution is -2.05. The van der Waals surface area contributed by atoms with Crippen LogP contribution >= 0.6 is 0 Å². The van der Waals surface area contributed by atoms with Crippen molar-refractivity contribution in [2.45, 2.75) is 33.1 Å². The van der Waals surface area contributed by atoms with Gasteiger partial charge in [-0.2, -0.15) is 0 Å². The summed E-state index contributed by atoms with van der Waals surface area (Å²) in [5.41, 5.74) is 0. The van der Waals surface area contributed by atoms with E-state index in [1.165, 1.54) is 6.42 Å². The first-order chi connectivity index (χ1) is 5.31. The Bertz CT molecular complexity index is 74.0. The van der Waals surface area contributed by atoms with E-state index < -0.39 is 0 Å². The number of ether oxygens (including phenoxy) is 1. The molecule has 68 valence electrons. The van der Waals surface area contributed by atoms with E-state index in [0.717, 1.165) is 26.1 Å². The molecule has 0 fully saturated rings. The second-order valence-electron chi connectivity index (χ2n) is 3.02. The minimum Gasteiger partial charge on any atom is -0.396 e. The van der Waals surface area contributed by atoms with Gasteiger partial charge in [-0.25, -0.2) is 0 Å². The van der Waals surface area contributed by atoms with Crippen LogP contribution in [0.5, 0.6) is 0 Å². The Morgan fingerprint density at radius 2 is 2.09 bits per heavy atom. The van der Waals surface area contributed by atoms with Crippen LogP contribution in [0.15, 0.2) is 0 Å². The van der Waals surface area contributed by atoms with Crippen molar-refractivity contribution in [3.8, 4) is 0 Å². The maximum atomic E-state index is 8.47. The number of hydrogen-bond donors (Lipinski definition) is 1. The molecule has 0 aliphatic heterocycles. The molecule has 0 spiro atoms. The van der Waals surface area contributed by atoms with E-state index in [1.54, 1.807) is 0 Å². The summed E-state index contributed by atoms with van der Waals surface area (Å²) >= 11 is 0. The highest BCUT2D eigenvalue weighted by Gasteiger charge is 1.97. The third-order valence-electron chi connectivity index (χ3n) is 1.80. The molecule has 1 atom stereocenters. The minimum atomic E-state index is 0.284. The van der Waals surface area contributed by atoms with Gasteiger partial charge in [0.2, 0.25) is 0 Å². The van der Waals surface area contributed by atoms with Crippen molar-refractivity contribution >= 4 is 0 Å². The second kappa shape index (κ2) is 8.02. The van der Waals surface area contributed by atoms with Crippen LogP contribution in [0.25, 0.3) is 0 Å². The average molecular weight is 160 g/mol. The number of unbranched alkanes of at least 4 members (excludes halogenated alkanes) is 1. The highest BCUT2D eigenvalue weighted by atomic mass is 16.5. The first-order valence-corrected chi connectivity index (χ1v) is 4.49. The van der Waals surface area contributed by atoms with Crippen LogP contribution in [0.2, 0.25) is 0 Å². The van der Waals surface area contributed by atoms with Gasteiger partial charge in [0.05, 0.1) is 0 Å². The highest BCUT2D eigenvalue weighted by molar-refractivity contribution is 4.46. The molecule has 0 aromatic heterocycles. The van der Waals surface area contributed by atoms with Crippen LogP contribution < -0.4 is 0 Å². The van der Waals surface area contributed by atoms with Crippen molar-refractivity contribution in [2.24, 2.45) is 5.92 Å². The van der Waals surface area contributed by atoms with Gasteiger partial charge in [0.1, 0.15) is 0 Å². The maximum Gasteiger partial charge on any atom is 0.0491 e. The first-order valence-electron chi connectivity index (χ1n) is 4.49. The average Bonchev–Trinajstić information content (AvgIpc) is 2.04. The van der Waals surface area contributed by atoms with Crippen LogP contribution in [0.1, 0.15) is 33.1 Å². The summed E-state index contributed by atoms with van der Waals surface area (Å²) < 4.78 is 5.38. The van der Waals surface area contributed by atoms with Gasteiger partial charge in [0.25, 0.3) is 0 Å². The molecule has 0 radical (unpaired) electrons. The van der Waals surface area contributed by atoms with E-state index in [2.05, 4.69) is 13.8 Å². The van der Waals surface area contributed by atoms with Crippen molar-refractivity contribution < 1.29 is 9.84 Å². The Morgan fingerprint density at radius 3 is 2.64 bits per heavy atom. The lowest BCUT2D eigenvalue weighted by atomic mass is 10.1. The molecule has 0 aliphatic rings. The molecule has 0 saturated heterocycles. The zero-order chi connectivity index (χ0) is 8.53. The quantitative estimate of drug-likeness (QED) is 0.576. The molecule has 0 aromatic carbocycles. The standard InChI is InChI=1S/C9H20O2/c1-3-9(2)8-11-7-5-4-6-10/h9-10H,3-8H2,1-2H3. The summed E-state index contributed by atoms with van der Waals surface area (Å²) in [7, 11) is 0. The smallest absolute Gasteiger partial charge is 0.0491 e. The van der Waals surface area contributed by atoms with Gasteiger partial charge in [-0.05, 0) is 18.8 Å². The third-order valence-corrected chi connectivity index (χ3v) is 1.80. The SMILES string of the molecule is CCC(C)COCCCCO. The van der Waals surface area contributed by atoms with Crippen molar-refractivity contribution in [3.05, 3.63) is 0 Å². The molecule has 11 heavy (non-hydrogen) atoms. The third kappa shape index (κ3) is 7.82. The Labute approximate surface area is 69.6 Å². The molecule has 2 heteroatoms. The minimum absolute atomic E-state index is 0.284. The summed E-state index contributed by atoms with van der Waals surface area (Å²) in [6, 6.07) is 0. The topological polar surface area (TPSA) is 29.5 Å². The lowest BCUT2D eigenvalue weighted by Gasteiger charge is -2.08. The van der Waals surface area contributed by atoms with Gasteiger partial charge in [0.15, 0.2) is 0 Å². The molecule has 0 bridgehead atoms. The van der Waals surface area contributed by atoms with E-state index in [9.17, 15) is 0 Å². The molecule has 0 amide bonds. The van der Waals surface area contributed by atoms with Crippen LogP contribution in [0, 0.1) is 5.92 Å². The summed E-state index contributed by atoms with van der Waals surface area (Å²) in [5, 5.41) is 8.47. The Hall–Kier alpha value is -0.0800. The zero-order valence-electron chi connectivity index (χ0n) is 7.68. The Balaban J connectivity index is 2.89. The van der Waals surface area contributed by atoms with Crippen molar-refractivity contribution in [1.29, 1.82) is 0 Å². The van der Waals surface area contributed by atoms with Crippen LogP contribution in [0.4, 0.5) is 0 Å². The van der Waals surface area contributed by atoms with Gasteiger partial charge in [-0.15, -0.1) is 0 Å². The summed E-state index contributed by atoms with van der Waals surface area (Å²) in [6.07, 6.45) is 3.02. The number of rotatable bonds is 7. The molecule has 2 nitrogen and oxygen atoms in total. The van der Waals surface area contributed by atoms with E-state index in [1.807, 2.05) is 0 Å². The zero-order valence-corrected chi connectivity index (χ0v) is 7.68. The molecule has 0 saturated carbocycles. The van der Waals surface area contributed by atoms with E-state index in [0.29, 0.717) is 5.92 Å². The normalized spacial score (nSPS) is 13.4. The molecule has 0 aliphatic carbocycles. The van der Waals surface area contributed by atoms with Crippen LogP contribution in [0.3, 0.4) is 0 Å². The molecule has 0 rings (SSSR count). The van der Waals surface area contributed by atoms with Gasteiger partial charge in [0, 0.05) is 19.8 Å². The molecular weight excluding hydrogens is 140 g/mol. The Morgan fingerprint density at radius 1 is 1.36 bits per heavy atom. The monoisotopic (exact) mass is 160 g/mol. The Kier molecular flexibility index (Phi) is 7.96. The number of aliphatic hydroxyl groups excluding tert-OH is 1. The van der Waals surface area contributed by atoms with Gasteiger partial charge in [-0.1, -0.05) is 20.3 Å². The fraction of sp³-hybridized carbons (Fsp3) is 1.00. The summed E-state index contributed by atoms with van der Waals surface area (Å²) in [6.45, 7) is 6.30. The predicted octanol–water partition coefficient (Wildman–Crippen LogP) is 1.82. The molecule has 1 N–H and O–H groups in total. The molecular formula is C9H20O2.